The van der Waals surface area contributed by atoms with Crippen LogP contribution >= 0.6 is 0 Å². The fraction of sp³-hybridized carbons (Fsp3) is 0.471. The van der Waals surface area contributed by atoms with Gasteiger partial charge in [-0.15, -0.1) is 0 Å². The van der Waals surface area contributed by atoms with Crippen LogP contribution in [0.15, 0.2) is 29.4 Å². The lowest BCUT2D eigenvalue weighted by Gasteiger charge is -2.34. The number of rotatable bonds is 3. The molecule has 0 saturated carbocycles. The molecule has 0 N–H and O–H groups in total. The molecule has 1 aromatic rings. The van der Waals surface area contributed by atoms with Crippen LogP contribution in [0.1, 0.15) is 18.9 Å². The maximum absolute atomic E-state index is 13.8. The average molecular weight is 349 g/mol. The summed E-state index contributed by atoms with van der Waals surface area (Å²) in [5.41, 5.74) is 0.784. The van der Waals surface area contributed by atoms with Crippen LogP contribution in [-0.4, -0.2) is 66.4 Å². The number of carbonyl (C=O) groups is 2. The first kappa shape index (κ1) is 17.2. The zero-order valence-corrected chi connectivity index (χ0v) is 14.0. The molecule has 3 rings (SSSR count). The van der Waals surface area contributed by atoms with Gasteiger partial charge in [-0.05, 0) is 13.0 Å². The molecule has 0 aliphatic carbocycles. The van der Waals surface area contributed by atoms with Crippen LogP contribution < -0.4 is 0 Å². The SMILES string of the molecule is CCOC(=O)N1CCN(C(=O)[C@@H]2CC(c3ccccc3F)=NO2)CC1. The normalized spacial score (nSPS) is 20.1. The molecule has 2 aliphatic heterocycles. The first-order valence-corrected chi connectivity index (χ1v) is 8.28. The van der Waals surface area contributed by atoms with E-state index in [4.69, 9.17) is 9.57 Å². The van der Waals surface area contributed by atoms with E-state index < -0.39 is 6.10 Å². The maximum atomic E-state index is 13.8. The van der Waals surface area contributed by atoms with E-state index in [-0.39, 0.29) is 24.2 Å². The highest BCUT2D eigenvalue weighted by atomic mass is 19.1. The second-order valence-electron chi connectivity index (χ2n) is 5.83. The summed E-state index contributed by atoms with van der Waals surface area (Å²) >= 11 is 0. The zero-order chi connectivity index (χ0) is 17.8. The van der Waals surface area contributed by atoms with E-state index in [1.807, 2.05) is 0 Å². The summed E-state index contributed by atoms with van der Waals surface area (Å²) < 4.78 is 18.8. The predicted octanol–water partition coefficient (Wildman–Crippen LogP) is 1.62. The Labute approximate surface area is 145 Å². The number of piperazine rings is 1. The summed E-state index contributed by atoms with van der Waals surface area (Å²) in [4.78, 5) is 32.7. The van der Waals surface area contributed by atoms with E-state index in [1.165, 1.54) is 6.07 Å². The Balaban J connectivity index is 1.54. The summed E-state index contributed by atoms with van der Waals surface area (Å²) in [5, 5.41) is 3.88. The van der Waals surface area contributed by atoms with Crippen LogP contribution in [0.3, 0.4) is 0 Å². The molecule has 0 radical (unpaired) electrons. The highest BCUT2D eigenvalue weighted by molar-refractivity contribution is 6.04. The van der Waals surface area contributed by atoms with Crippen molar-refractivity contribution in [2.75, 3.05) is 32.8 Å². The van der Waals surface area contributed by atoms with Gasteiger partial charge < -0.3 is 19.4 Å². The molecule has 1 aromatic carbocycles. The quantitative estimate of drug-likeness (QED) is 0.831. The van der Waals surface area contributed by atoms with Gasteiger partial charge in [-0.2, -0.15) is 0 Å². The first-order chi connectivity index (χ1) is 12.1. The van der Waals surface area contributed by atoms with Crippen LogP contribution in [-0.2, 0) is 14.4 Å². The van der Waals surface area contributed by atoms with Crippen molar-refractivity contribution in [3.8, 4) is 0 Å². The lowest BCUT2D eigenvalue weighted by atomic mass is 10.0. The third-order valence-corrected chi connectivity index (χ3v) is 4.25. The van der Waals surface area contributed by atoms with Crippen LogP contribution in [0.2, 0.25) is 0 Å². The number of halogens is 1. The monoisotopic (exact) mass is 349 g/mol. The van der Waals surface area contributed by atoms with Crippen molar-refractivity contribution in [2.45, 2.75) is 19.4 Å². The molecule has 1 atom stereocenters. The Morgan fingerprint density at radius 1 is 1.24 bits per heavy atom. The average Bonchev–Trinajstić information content (AvgIpc) is 3.11. The molecule has 134 valence electrons. The van der Waals surface area contributed by atoms with Gasteiger partial charge in [-0.1, -0.05) is 23.4 Å². The number of ether oxygens (including phenoxy) is 1. The van der Waals surface area contributed by atoms with E-state index in [1.54, 1.807) is 34.9 Å². The topological polar surface area (TPSA) is 71.4 Å². The van der Waals surface area contributed by atoms with Gasteiger partial charge in [0.2, 0.25) is 6.10 Å². The summed E-state index contributed by atoms with van der Waals surface area (Å²) in [7, 11) is 0. The standard InChI is InChI=1S/C17H20FN3O4/c1-2-24-17(23)21-9-7-20(8-10-21)16(22)15-11-14(19-25-15)12-5-3-4-6-13(12)18/h3-6,15H,2,7-11H2,1H3/t15-/m0/s1. The van der Waals surface area contributed by atoms with E-state index in [0.29, 0.717) is 44.1 Å². The molecule has 0 spiro atoms. The third kappa shape index (κ3) is 3.72. The lowest BCUT2D eigenvalue weighted by molar-refractivity contribution is -0.143. The first-order valence-electron chi connectivity index (χ1n) is 8.28. The molecule has 2 amide bonds. The Morgan fingerprint density at radius 3 is 2.60 bits per heavy atom. The van der Waals surface area contributed by atoms with Gasteiger partial charge in [0.25, 0.3) is 5.91 Å². The molecule has 7 nitrogen and oxygen atoms in total. The number of oxime groups is 1. The minimum atomic E-state index is -0.747. The molecule has 0 aromatic heterocycles. The highest BCUT2D eigenvalue weighted by Gasteiger charge is 2.35. The number of benzene rings is 1. The van der Waals surface area contributed by atoms with Gasteiger partial charge in [-0.25, -0.2) is 9.18 Å². The van der Waals surface area contributed by atoms with Crippen molar-refractivity contribution in [3.05, 3.63) is 35.6 Å². The number of amides is 2. The fourth-order valence-corrected chi connectivity index (χ4v) is 2.89. The Bertz CT molecular complexity index is 686. The van der Waals surface area contributed by atoms with Crippen LogP contribution in [0.4, 0.5) is 9.18 Å². The molecule has 0 unspecified atom stereocenters. The van der Waals surface area contributed by atoms with Crippen molar-refractivity contribution >= 4 is 17.7 Å². The molecule has 25 heavy (non-hydrogen) atoms. The second kappa shape index (κ2) is 7.50. The second-order valence-corrected chi connectivity index (χ2v) is 5.83. The molecule has 1 fully saturated rings. The fourth-order valence-electron chi connectivity index (χ4n) is 2.89. The Morgan fingerprint density at radius 2 is 1.92 bits per heavy atom. The number of carbonyl (C=O) groups excluding carboxylic acids is 2. The predicted molar refractivity (Wildman–Crippen MR) is 87.6 cm³/mol. The molecular formula is C17H20FN3O4. The summed E-state index contributed by atoms with van der Waals surface area (Å²) in [5.74, 6) is -0.584. The van der Waals surface area contributed by atoms with Crippen molar-refractivity contribution < 1.29 is 23.6 Å². The molecule has 0 bridgehead atoms. The van der Waals surface area contributed by atoms with Crippen molar-refractivity contribution in [1.29, 1.82) is 0 Å². The number of nitrogens with zero attached hydrogens (tertiary/aromatic N) is 3. The van der Waals surface area contributed by atoms with Crippen molar-refractivity contribution in [2.24, 2.45) is 5.16 Å². The molecular weight excluding hydrogens is 329 g/mol. The maximum Gasteiger partial charge on any atom is 0.409 e. The summed E-state index contributed by atoms with van der Waals surface area (Å²) in [6.45, 7) is 3.72. The van der Waals surface area contributed by atoms with Gasteiger partial charge in [0.1, 0.15) is 5.82 Å². The van der Waals surface area contributed by atoms with E-state index >= 15 is 0 Å². The highest BCUT2D eigenvalue weighted by Crippen LogP contribution is 2.21. The molecule has 8 heteroatoms. The smallest absolute Gasteiger partial charge is 0.409 e. The molecule has 2 heterocycles. The zero-order valence-electron chi connectivity index (χ0n) is 14.0. The molecule has 2 aliphatic rings. The van der Waals surface area contributed by atoms with Crippen LogP contribution in [0.25, 0.3) is 0 Å². The van der Waals surface area contributed by atoms with Crippen molar-refractivity contribution in [1.82, 2.24) is 9.80 Å². The van der Waals surface area contributed by atoms with Gasteiger partial charge >= 0.3 is 6.09 Å². The molecule has 1 saturated heterocycles. The van der Waals surface area contributed by atoms with Gasteiger partial charge in [0.05, 0.1) is 12.3 Å². The summed E-state index contributed by atoms with van der Waals surface area (Å²) in [6, 6.07) is 6.27. The minimum Gasteiger partial charge on any atom is -0.450 e. The lowest BCUT2D eigenvalue weighted by Crippen LogP contribution is -2.53. The van der Waals surface area contributed by atoms with E-state index in [0.717, 1.165) is 0 Å². The van der Waals surface area contributed by atoms with Crippen LogP contribution in [0, 0.1) is 5.82 Å². The van der Waals surface area contributed by atoms with E-state index in [2.05, 4.69) is 5.16 Å². The van der Waals surface area contributed by atoms with Gasteiger partial charge in [0, 0.05) is 38.2 Å². The van der Waals surface area contributed by atoms with Gasteiger partial charge in [0.15, 0.2) is 0 Å². The largest absolute Gasteiger partial charge is 0.450 e. The minimum absolute atomic E-state index is 0.196. The van der Waals surface area contributed by atoms with E-state index in [9.17, 15) is 14.0 Å². The summed E-state index contributed by atoms with van der Waals surface area (Å²) in [6.07, 6.45) is -0.877. The van der Waals surface area contributed by atoms with Gasteiger partial charge in [-0.3, -0.25) is 4.79 Å². The number of hydrogen-bond acceptors (Lipinski definition) is 5. The third-order valence-electron chi connectivity index (χ3n) is 4.25. The number of hydrogen-bond donors (Lipinski definition) is 0. The van der Waals surface area contributed by atoms with Crippen molar-refractivity contribution in [3.63, 3.8) is 0 Å². The Hall–Kier alpha value is -2.64. The van der Waals surface area contributed by atoms with Crippen LogP contribution in [0.5, 0.6) is 0 Å². The Kier molecular flexibility index (Phi) is 5.16.